The van der Waals surface area contributed by atoms with Gasteiger partial charge in [0.25, 0.3) is 0 Å². The number of likely N-dealkylation sites (N-methyl/N-ethyl adjacent to an activating group) is 1. The van der Waals surface area contributed by atoms with Crippen molar-refractivity contribution in [3.05, 3.63) is 53.6 Å². The second kappa shape index (κ2) is 7.66. The standard InChI is InChI=1S/C18H19FN4O/c1-18(2,20-3)12-23(13-24)17-21-10-15(11-22-17)5-4-14-6-8-16(19)9-7-14/h6-11,13,20H,12H2,1-3H3. The number of aromatic nitrogens is 2. The highest BCUT2D eigenvalue weighted by atomic mass is 19.1. The van der Waals surface area contributed by atoms with E-state index in [1.54, 1.807) is 24.5 Å². The van der Waals surface area contributed by atoms with Crippen LogP contribution in [0.15, 0.2) is 36.7 Å². The molecule has 0 atom stereocenters. The van der Waals surface area contributed by atoms with Crippen LogP contribution in [0.2, 0.25) is 0 Å². The van der Waals surface area contributed by atoms with Crippen molar-refractivity contribution in [3.8, 4) is 11.8 Å². The summed E-state index contributed by atoms with van der Waals surface area (Å²) in [5.74, 6) is 5.84. The van der Waals surface area contributed by atoms with Crippen molar-refractivity contribution in [2.24, 2.45) is 0 Å². The quantitative estimate of drug-likeness (QED) is 0.674. The zero-order valence-electron chi connectivity index (χ0n) is 13.9. The molecule has 0 aliphatic heterocycles. The van der Waals surface area contributed by atoms with Gasteiger partial charge in [-0.15, -0.1) is 0 Å². The number of nitrogens with zero attached hydrogens (tertiary/aromatic N) is 3. The minimum absolute atomic E-state index is 0.259. The Morgan fingerprint density at radius 1 is 1.17 bits per heavy atom. The molecule has 0 saturated heterocycles. The molecule has 0 unspecified atom stereocenters. The Kier molecular flexibility index (Phi) is 5.61. The summed E-state index contributed by atoms with van der Waals surface area (Å²) in [6, 6.07) is 5.92. The number of halogens is 1. The fraction of sp³-hybridized carbons (Fsp3) is 0.278. The lowest BCUT2D eigenvalue weighted by Crippen LogP contribution is -2.47. The van der Waals surface area contributed by atoms with Gasteiger partial charge in [0.1, 0.15) is 5.82 Å². The Bertz CT molecular complexity index is 745. The lowest BCUT2D eigenvalue weighted by molar-refractivity contribution is -0.107. The molecule has 6 heteroatoms. The van der Waals surface area contributed by atoms with Crippen molar-refractivity contribution in [2.75, 3.05) is 18.5 Å². The first-order chi connectivity index (χ1) is 11.4. The predicted molar refractivity (Wildman–Crippen MR) is 91.0 cm³/mol. The third-order valence-electron chi connectivity index (χ3n) is 3.46. The summed E-state index contributed by atoms with van der Waals surface area (Å²) in [5.41, 5.74) is 1.05. The van der Waals surface area contributed by atoms with E-state index in [0.717, 1.165) is 0 Å². The number of hydrogen-bond acceptors (Lipinski definition) is 4. The summed E-state index contributed by atoms with van der Waals surface area (Å²) in [6.45, 7) is 4.39. The first kappa shape index (κ1) is 17.6. The van der Waals surface area contributed by atoms with Gasteiger partial charge in [0.05, 0.1) is 5.56 Å². The average Bonchev–Trinajstić information content (AvgIpc) is 2.60. The second-order valence-electron chi connectivity index (χ2n) is 5.90. The monoisotopic (exact) mass is 326 g/mol. The van der Waals surface area contributed by atoms with Crippen molar-refractivity contribution >= 4 is 12.4 Å². The number of carbonyl (C=O) groups is 1. The van der Waals surface area contributed by atoms with Crippen LogP contribution >= 0.6 is 0 Å². The molecule has 0 radical (unpaired) electrons. The topological polar surface area (TPSA) is 58.1 Å². The van der Waals surface area contributed by atoms with Gasteiger partial charge < -0.3 is 5.32 Å². The van der Waals surface area contributed by atoms with Crippen LogP contribution in [-0.2, 0) is 4.79 Å². The minimum Gasteiger partial charge on any atom is -0.313 e. The van der Waals surface area contributed by atoms with Gasteiger partial charge in [-0.25, -0.2) is 14.4 Å². The average molecular weight is 326 g/mol. The molecule has 0 saturated carbocycles. The van der Waals surface area contributed by atoms with Gasteiger partial charge in [0.2, 0.25) is 12.4 Å². The first-order valence-electron chi connectivity index (χ1n) is 7.44. The Morgan fingerprint density at radius 3 is 2.29 bits per heavy atom. The molecule has 2 rings (SSSR count). The molecule has 0 aliphatic carbocycles. The van der Waals surface area contributed by atoms with Crippen molar-refractivity contribution in [1.29, 1.82) is 0 Å². The fourth-order valence-corrected chi connectivity index (χ4v) is 1.87. The molecule has 0 spiro atoms. The van der Waals surface area contributed by atoms with E-state index in [9.17, 15) is 9.18 Å². The molecular weight excluding hydrogens is 307 g/mol. The number of benzene rings is 1. The molecule has 1 aromatic carbocycles. The Morgan fingerprint density at radius 2 is 1.75 bits per heavy atom. The Labute approximate surface area is 140 Å². The highest BCUT2D eigenvalue weighted by Crippen LogP contribution is 2.10. The van der Waals surface area contributed by atoms with Gasteiger partial charge in [-0.3, -0.25) is 9.69 Å². The first-order valence-corrected chi connectivity index (χ1v) is 7.44. The van der Waals surface area contributed by atoms with E-state index in [4.69, 9.17) is 0 Å². The van der Waals surface area contributed by atoms with E-state index in [1.165, 1.54) is 17.0 Å². The van der Waals surface area contributed by atoms with Crippen LogP contribution in [0.5, 0.6) is 0 Å². The number of nitrogens with one attached hydrogen (secondary N) is 1. The highest BCUT2D eigenvalue weighted by Gasteiger charge is 2.21. The highest BCUT2D eigenvalue weighted by molar-refractivity contribution is 5.71. The fourth-order valence-electron chi connectivity index (χ4n) is 1.87. The zero-order chi connectivity index (χ0) is 17.6. The molecule has 0 bridgehead atoms. The molecule has 124 valence electrons. The van der Waals surface area contributed by atoms with E-state index in [0.29, 0.717) is 30.0 Å². The summed E-state index contributed by atoms with van der Waals surface area (Å²) >= 11 is 0. The summed E-state index contributed by atoms with van der Waals surface area (Å²) in [6.07, 6.45) is 3.82. The molecule has 24 heavy (non-hydrogen) atoms. The van der Waals surface area contributed by atoms with E-state index < -0.39 is 0 Å². The van der Waals surface area contributed by atoms with E-state index in [-0.39, 0.29) is 11.4 Å². The molecule has 0 fully saturated rings. The lowest BCUT2D eigenvalue weighted by atomic mass is 10.1. The van der Waals surface area contributed by atoms with Gasteiger partial charge in [-0.05, 0) is 45.2 Å². The third kappa shape index (κ3) is 4.86. The van der Waals surface area contributed by atoms with Crippen molar-refractivity contribution in [2.45, 2.75) is 19.4 Å². The van der Waals surface area contributed by atoms with Crippen LogP contribution in [0.1, 0.15) is 25.0 Å². The van der Waals surface area contributed by atoms with Gasteiger partial charge in [0.15, 0.2) is 0 Å². The maximum absolute atomic E-state index is 12.8. The van der Waals surface area contributed by atoms with Crippen LogP contribution in [0.4, 0.5) is 10.3 Å². The van der Waals surface area contributed by atoms with Crippen molar-refractivity contribution in [3.63, 3.8) is 0 Å². The Balaban J connectivity index is 2.12. The van der Waals surface area contributed by atoms with E-state index in [2.05, 4.69) is 27.1 Å². The molecular formula is C18H19FN4O. The van der Waals surface area contributed by atoms with Gasteiger partial charge in [-0.1, -0.05) is 11.8 Å². The van der Waals surface area contributed by atoms with E-state index in [1.807, 2.05) is 20.9 Å². The lowest BCUT2D eigenvalue weighted by Gasteiger charge is -2.28. The molecule has 1 N–H and O–H groups in total. The number of anilines is 1. The SMILES string of the molecule is CNC(C)(C)CN(C=O)c1ncc(C#Cc2ccc(F)cc2)cn1. The third-order valence-corrected chi connectivity index (χ3v) is 3.46. The van der Waals surface area contributed by atoms with Crippen molar-refractivity contribution < 1.29 is 9.18 Å². The minimum atomic E-state index is -0.299. The molecule has 5 nitrogen and oxygen atoms in total. The molecule has 2 aromatic rings. The van der Waals surface area contributed by atoms with Crippen LogP contribution in [0.25, 0.3) is 0 Å². The van der Waals surface area contributed by atoms with Gasteiger partial charge in [-0.2, -0.15) is 0 Å². The maximum atomic E-state index is 12.8. The number of carbonyl (C=O) groups excluding carboxylic acids is 1. The van der Waals surface area contributed by atoms with Crippen molar-refractivity contribution in [1.82, 2.24) is 15.3 Å². The molecule has 0 aliphatic rings. The number of amides is 1. The second-order valence-corrected chi connectivity index (χ2v) is 5.90. The van der Waals surface area contributed by atoms with Gasteiger partial charge in [0, 0.05) is 30.0 Å². The van der Waals surface area contributed by atoms with E-state index >= 15 is 0 Å². The normalized spacial score (nSPS) is 10.7. The predicted octanol–water partition coefficient (Wildman–Crippen LogP) is 1.98. The van der Waals surface area contributed by atoms with Crippen LogP contribution in [0, 0.1) is 17.7 Å². The summed E-state index contributed by atoms with van der Waals surface area (Å²) < 4.78 is 12.8. The molecule has 1 aromatic heterocycles. The summed E-state index contributed by atoms with van der Waals surface area (Å²) in [4.78, 5) is 21.1. The summed E-state index contributed by atoms with van der Waals surface area (Å²) in [7, 11) is 1.83. The van der Waals surface area contributed by atoms with Crippen LogP contribution < -0.4 is 10.2 Å². The van der Waals surface area contributed by atoms with Crippen LogP contribution in [0.3, 0.4) is 0 Å². The number of hydrogen-bond donors (Lipinski definition) is 1. The maximum Gasteiger partial charge on any atom is 0.231 e. The smallest absolute Gasteiger partial charge is 0.231 e. The van der Waals surface area contributed by atoms with Crippen LogP contribution in [-0.4, -0.2) is 35.5 Å². The van der Waals surface area contributed by atoms with Gasteiger partial charge >= 0.3 is 0 Å². The largest absolute Gasteiger partial charge is 0.313 e. The molecule has 1 heterocycles. The Hall–Kier alpha value is -2.78. The number of rotatable bonds is 5. The molecule has 1 amide bonds. The zero-order valence-corrected chi connectivity index (χ0v) is 13.9. The summed E-state index contributed by atoms with van der Waals surface area (Å²) in [5, 5.41) is 3.12.